The Bertz CT molecular complexity index is 690. The van der Waals surface area contributed by atoms with Crippen LogP contribution in [-0.4, -0.2) is 33.9 Å². The van der Waals surface area contributed by atoms with E-state index >= 15 is 0 Å². The van der Waals surface area contributed by atoms with E-state index in [1.807, 2.05) is 30.3 Å². The lowest BCUT2D eigenvalue weighted by molar-refractivity contribution is -0.151. The van der Waals surface area contributed by atoms with Crippen molar-refractivity contribution in [3.8, 4) is 12.3 Å². The summed E-state index contributed by atoms with van der Waals surface area (Å²) in [5.41, 5.74) is 7.66. The molecule has 0 spiro atoms. The van der Waals surface area contributed by atoms with Crippen LogP contribution in [0.5, 0.6) is 0 Å². The number of likely N-dealkylation sites (tertiary alicyclic amines) is 1. The van der Waals surface area contributed by atoms with Gasteiger partial charge in [-0.2, -0.15) is 0 Å². The largest absolute Gasteiger partial charge is 0.456 e. The molecule has 2 atom stereocenters. The zero-order chi connectivity index (χ0) is 17.7. The zero-order valence-electron chi connectivity index (χ0n) is 13.7. The monoisotopic (exact) mass is 344 g/mol. The van der Waals surface area contributed by atoms with Crippen molar-refractivity contribution in [2.45, 2.75) is 31.9 Å². The highest BCUT2D eigenvalue weighted by molar-refractivity contribution is 8.00. The van der Waals surface area contributed by atoms with Crippen molar-refractivity contribution < 1.29 is 14.3 Å². The molecular weight excluding hydrogens is 324 g/mol. The quantitative estimate of drug-likeness (QED) is 0.369. The van der Waals surface area contributed by atoms with Gasteiger partial charge in [0.1, 0.15) is 23.7 Å². The Morgan fingerprint density at radius 3 is 2.62 bits per heavy atom. The van der Waals surface area contributed by atoms with Gasteiger partial charge in [0.15, 0.2) is 0 Å². The van der Waals surface area contributed by atoms with Crippen molar-refractivity contribution >= 4 is 23.6 Å². The van der Waals surface area contributed by atoms with Gasteiger partial charge in [-0.25, -0.2) is 4.79 Å². The number of ether oxygens (including phenoxy) is 1. The first-order valence-corrected chi connectivity index (χ1v) is 8.54. The Balaban J connectivity index is 2.11. The molecule has 1 fully saturated rings. The minimum Gasteiger partial charge on any atom is -0.456 e. The molecule has 0 aliphatic carbocycles. The van der Waals surface area contributed by atoms with Crippen LogP contribution >= 0.6 is 11.8 Å². The lowest BCUT2D eigenvalue weighted by Crippen LogP contribution is -2.67. The van der Waals surface area contributed by atoms with E-state index in [2.05, 4.69) is 5.92 Å². The number of benzene rings is 1. The first kappa shape index (κ1) is 18.1. The average molecular weight is 344 g/mol. The molecule has 2 rings (SSSR count). The number of thioether (sulfide) groups is 1. The Kier molecular flexibility index (Phi) is 6.07. The van der Waals surface area contributed by atoms with Crippen molar-refractivity contribution in [3.63, 3.8) is 0 Å². The maximum Gasteiger partial charge on any atom is 0.355 e. The van der Waals surface area contributed by atoms with E-state index < -0.39 is 12.0 Å². The van der Waals surface area contributed by atoms with E-state index in [0.29, 0.717) is 11.3 Å². The van der Waals surface area contributed by atoms with Crippen LogP contribution in [0.15, 0.2) is 41.6 Å². The van der Waals surface area contributed by atoms with Crippen LogP contribution in [0.25, 0.3) is 0 Å². The molecule has 24 heavy (non-hydrogen) atoms. The fourth-order valence-electron chi connectivity index (χ4n) is 2.37. The normalized spacial score (nSPS) is 19.2. The smallest absolute Gasteiger partial charge is 0.355 e. The number of nitrogens with zero attached hydrogens (tertiary/aromatic N) is 1. The van der Waals surface area contributed by atoms with Crippen LogP contribution in [0, 0.1) is 12.3 Å². The molecule has 126 valence electrons. The third-order valence-electron chi connectivity index (χ3n) is 3.54. The fourth-order valence-corrected chi connectivity index (χ4v) is 3.32. The second kappa shape index (κ2) is 8.04. The van der Waals surface area contributed by atoms with Gasteiger partial charge in [-0.15, -0.1) is 18.2 Å². The van der Waals surface area contributed by atoms with Crippen LogP contribution in [0.3, 0.4) is 0 Å². The third kappa shape index (κ3) is 3.81. The Labute approximate surface area is 146 Å². The van der Waals surface area contributed by atoms with E-state index in [-0.39, 0.29) is 23.6 Å². The minimum absolute atomic E-state index is 0.146. The Morgan fingerprint density at radius 2 is 2.04 bits per heavy atom. The molecule has 0 saturated carbocycles. The van der Waals surface area contributed by atoms with E-state index in [9.17, 15) is 9.59 Å². The minimum atomic E-state index is -0.653. The predicted octanol–water partition coefficient (Wildman–Crippen LogP) is 1.89. The summed E-state index contributed by atoms with van der Waals surface area (Å²) in [7, 11) is 0. The summed E-state index contributed by atoms with van der Waals surface area (Å²) < 4.78 is 5.36. The SMILES string of the molecule is C#CCSC1C(N)C(=O)N1C(C(=O)OCc1ccccc1)=C(C)C. The van der Waals surface area contributed by atoms with Crippen LogP contribution in [0.1, 0.15) is 19.4 Å². The second-order valence-corrected chi connectivity index (χ2v) is 6.66. The number of carbonyl (C=O) groups is 2. The van der Waals surface area contributed by atoms with Gasteiger partial charge in [0, 0.05) is 0 Å². The maximum atomic E-state index is 12.5. The van der Waals surface area contributed by atoms with Crippen molar-refractivity contribution in [2.24, 2.45) is 5.73 Å². The summed E-state index contributed by atoms with van der Waals surface area (Å²) in [5, 5.41) is -0.345. The van der Waals surface area contributed by atoms with Crippen LogP contribution in [-0.2, 0) is 20.9 Å². The molecule has 0 radical (unpaired) electrons. The molecule has 0 bridgehead atoms. The lowest BCUT2D eigenvalue weighted by Gasteiger charge is -2.45. The van der Waals surface area contributed by atoms with Gasteiger partial charge in [-0.1, -0.05) is 36.3 Å². The molecular formula is C18H20N2O3S. The van der Waals surface area contributed by atoms with Gasteiger partial charge in [-0.05, 0) is 25.0 Å². The highest BCUT2D eigenvalue weighted by Gasteiger charge is 2.49. The van der Waals surface area contributed by atoms with Gasteiger partial charge < -0.3 is 10.5 Å². The number of amides is 1. The summed E-state index contributed by atoms with van der Waals surface area (Å²) in [5.74, 6) is 2.09. The van der Waals surface area contributed by atoms with Gasteiger partial charge in [0.25, 0.3) is 0 Å². The van der Waals surface area contributed by atoms with Crippen LogP contribution in [0.2, 0.25) is 0 Å². The lowest BCUT2D eigenvalue weighted by atomic mass is 10.1. The van der Waals surface area contributed by atoms with Crippen LogP contribution < -0.4 is 5.73 Å². The van der Waals surface area contributed by atoms with Gasteiger partial charge in [-0.3, -0.25) is 9.69 Å². The van der Waals surface area contributed by atoms with Crippen molar-refractivity contribution in [1.82, 2.24) is 4.90 Å². The first-order chi connectivity index (χ1) is 11.5. The number of allylic oxidation sites excluding steroid dienone is 1. The second-order valence-electron chi connectivity index (χ2n) is 5.55. The third-order valence-corrected chi connectivity index (χ3v) is 4.72. The zero-order valence-corrected chi connectivity index (χ0v) is 14.5. The average Bonchev–Trinajstić information content (AvgIpc) is 2.59. The van der Waals surface area contributed by atoms with E-state index in [4.69, 9.17) is 16.9 Å². The summed E-state index contributed by atoms with van der Waals surface area (Å²) in [6.45, 7) is 3.67. The summed E-state index contributed by atoms with van der Waals surface area (Å²) in [6, 6.07) is 8.71. The molecule has 5 nitrogen and oxygen atoms in total. The van der Waals surface area contributed by atoms with E-state index in [1.165, 1.54) is 16.7 Å². The molecule has 6 heteroatoms. The molecule has 1 saturated heterocycles. The number of hydrogen-bond acceptors (Lipinski definition) is 5. The summed E-state index contributed by atoms with van der Waals surface area (Å²) in [4.78, 5) is 26.1. The first-order valence-electron chi connectivity index (χ1n) is 7.49. The number of hydrogen-bond donors (Lipinski definition) is 1. The molecule has 1 heterocycles. The van der Waals surface area contributed by atoms with E-state index in [1.54, 1.807) is 13.8 Å². The number of rotatable bonds is 6. The molecule has 1 aliphatic heterocycles. The highest BCUT2D eigenvalue weighted by Crippen LogP contribution is 2.34. The number of esters is 1. The molecule has 1 amide bonds. The van der Waals surface area contributed by atoms with Crippen molar-refractivity contribution in [1.29, 1.82) is 0 Å². The van der Waals surface area contributed by atoms with Crippen molar-refractivity contribution in [3.05, 3.63) is 47.2 Å². The highest BCUT2D eigenvalue weighted by atomic mass is 32.2. The molecule has 1 aliphatic rings. The van der Waals surface area contributed by atoms with Crippen molar-refractivity contribution in [2.75, 3.05) is 5.75 Å². The predicted molar refractivity (Wildman–Crippen MR) is 94.5 cm³/mol. The molecule has 0 aromatic heterocycles. The van der Waals surface area contributed by atoms with Crippen LogP contribution in [0.4, 0.5) is 0 Å². The molecule has 2 N–H and O–H groups in total. The molecule has 1 aromatic rings. The van der Waals surface area contributed by atoms with Gasteiger partial charge in [0.05, 0.1) is 5.75 Å². The number of terminal acetylenes is 1. The summed E-state index contributed by atoms with van der Waals surface area (Å²) in [6.07, 6.45) is 5.27. The fraction of sp³-hybridized carbons (Fsp3) is 0.333. The van der Waals surface area contributed by atoms with Gasteiger partial charge >= 0.3 is 5.97 Å². The van der Waals surface area contributed by atoms with E-state index in [0.717, 1.165) is 5.56 Å². The Hall–Kier alpha value is -2.23. The number of carbonyl (C=O) groups excluding carboxylic acids is 2. The summed E-state index contributed by atoms with van der Waals surface area (Å²) >= 11 is 1.36. The molecule has 1 aromatic carbocycles. The topological polar surface area (TPSA) is 72.6 Å². The number of nitrogens with two attached hydrogens (primary N) is 1. The number of β-lactam (4-membered cyclic amide) rings is 1. The van der Waals surface area contributed by atoms with Gasteiger partial charge in [0.2, 0.25) is 5.91 Å². The Morgan fingerprint density at radius 1 is 1.38 bits per heavy atom. The maximum absolute atomic E-state index is 12.5. The standard InChI is InChI=1S/C18H20N2O3S/c1-4-10-24-17-14(19)16(21)20(17)15(12(2)3)18(22)23-11-13-8-6-5-7-9-13/h1,5-9,14,17H,10-11,19H2,2-3H3. The molecule has 2 unspecified atom stereocenters.